The molecule has 0 aliphatic rings. The Labute approximate surface area is 185 Å². The second kappa shape index (κ2) is 8.95. The van der Waals surface area contributed by atoms with Gasteiger partial charge in [-0.2, -0.15) is 13.2 Å². The van der Waals surface area contributed by atoms with Crippen molar-refractivity contribution < 1.29 is 18.0 Å². The number of alkyl halides is 3. The number of allylic oxidation sites excluding steroid dienone is 1. The molecule has 1 amide bonds. The van der Waals surface area contributed by atoms with Gasteiger partial charge in [-0.25, -0.2) is 0 Å². The van der Waals surface area contributed by atoms with Crippen LogP contribution in [-0.4, -0.2) is 23.7 Å². The summed E-state index contributed by atoms with van der Waals surface area (Å²) in [5, 5.41) is 14.3. The zero-order valence-electron chi connectivity index (χ0n) is 15.9. The molecule has 3 rings (SSSR count). The van der Waals surface area contributed by atoms with Crippen molar-refractivity contribution in [2.24, 2.45) is 0 Å². The predicted octanol–water partition coefficient (Wildman–Crippen LogP) is 5.42. The minimum absolute atomic E-state index is 0.0281. The lowest BCUT2D eigenvalue weighted by Crippen LogP contribution is -2.30. The Balaban J connectivity index is 1.88. The number of amides is 1. The van der Waals surface area contributed by atoms with Crippen molar-refractivity contribution in [3.8, 4) is 0 Å². The SMILES string of the molecule is CN/C(=C\C(=N)c1cc(C(F)(F)F)ccc1Cl)NC(=O)c1cc2ncccc2cc1Cl. The Bertz CT molecular complexity index is 1210. The average molecular weight is 467 g/mol. The minimum atomic E-state index is -4.58. The lowest BCUT2D eigenvalue weighted by molar-refractivity contribution is -0.137. The van der Waals surface area contributed by atoms with Crippen LogP contribution in [0.15, 0.2) is 60.6 Å². The third-order valence-corrected chi connectivity index (χ3v) is 4.97. The number of hydrogen-bond donors (Lipinski definition) is 3. The van der Waals surface area contributed by atoms with Gasteiger partial charge in [-0.05, 0) is 36.4 Å². The maximum absolute atomic E-state index is 13.0. The lowest BCUT2D eigenvalue weighted by Gasteiger charge is -2.13. The van der Waals surface area contributed by atoms with Gasteiger partial charge in [0.1, 0.15) is 5.82 Å². The molecule has 0 radical (unpaired) electrons. The molecule has 160 valence electrons. The van der Waals surface area contributed by atoms with E-state index in [9.17, 15) is 18.0 Å². The van der Waals surface area contributed by atoms with E-state index in [1.807, 2.05) is 0 Å². The number of nitrogens with one attached hydrogen (secondary N) is 3. The van der Waals surface area contributed by atoms with E-state index in [0.717, 1.165) is 29.7 Å². The molecule has 2 aromatic carbocycles. The first-order chi connectivity index (χ1) is 14.6. The molecule has 0 saturated heterocycles. The molecule has 5 nitrogen and oxygen atoms in total. The summed E-state index contributed by atoms with van der Waals surface area (Å²) in [6, 6.07) is 9.35. The van der Waals surface area contributed by atoms with E-state index in [4.69, 9.17) is 28.6 Å². The summed E-state index contributed by atoms with van der Waals surface area (Å²) in [5.41, 5.74) is -0.679. The summed E-state index contributed by atoms with van der Waals surface area (Å²) < 4.78 is 39.0. The van der Waals surface area contributed by atoms with E-state index >= 15 is 0 Å². The number of nitrogens with zero attached hydrogens (tertiary/aromatic N) is 1. The molecule has 0 spiro atoms. The first-order valence-electron chi connectivity index (χ1n) is 8.81. The van der Waals surface area contributed by atoms with E-state index in [-0.39, 0.29) is 32.7 Å². The fraction of sp³-hybridized carbons (Fsp3) is 0.0952. The summed E-state index contributed by atoms with van der Waals surface area (Å²) in [6.45, 7) is 0. The van der Waals surface area contributed by atoms with Crippen molar-refractivity contribution >= 4 is 45.7 Å². The lowest BCUT2D eigenvalue weighted by atomic mass is 10.1. The molecule has 0 atom stereocenters. The van der Waals surface area contributed by atoms with Crippen LogP contribution >= 0.6 is 23.2 Å². The molecule has 3 aromatic rings. The molecule has 0 saturated carbocycles. The number of pyridine rings is 1. The van der Waals surface area contributed by atoms with Crippen molar-refractivity contribution in [3.05, 3.63) is 87.3 Å². The maximum atomic E-state index is 13.0. The Kier molecular flexibility index (Phi) is 6.52. The number of fused-ring (bicyclic) bond motifs is 1. The monoisotopic (exact) mass is 466 g/mol. The summed E-state index contributed by atoms with van der Waals surface area (Å²) in [7, 11) is 1.48. The second-order valence-electron chi connectivity index (χ2n) is 6.40. The molecule has 10 heteroatoms. The van der Waals surface area contributed by atoms with Crippen molar-refractivity contribution in [1.82, 2.24) is 15.6 Å². The zero-order valence-corrected chi connectivity index (χ0v) is 17.5. The first kappa shape index (κ1) is 22.6. The van der Waals surface area contributed by atoms with Crippen LogP contribution < -0.4 is 10.6 Å². The van der Waals surface area contributed by atoms with E-state index in [1.165, 1.54) is 13.1 Å². The summed E-state index contributed by atoms with van der Waals surface area (Å²) in [4.78, 5) is 16.9. The third-order valence-electron chi connectivity index (χ3n) is 4.33. The third kappa shape index (κ3) is 5.15. The fourth-order valence-electron chi connectivity index (χ4n) is 2.76. The molecule has 0 fully saturated rings. The normalized spacial score (nSPS) is 12.0. The quantitative estimate of drug-likeness (QED) is 0.439. The van der Waals surface area contributed by atoms with Gasteiger partial charge in [0.25, 0.3) is 5.91 Å². The molecule has 0 aliphatic heterocycles. The van der Waals surface area contributed by atoms with Crippen LogP contribution in [0.25, 0.3) is 10.9 Å². The minimum Gasteiger partial charge on any atom is -0.375 e. The van der Waals surface area contributed by atoms with Gasteiger partial charge in [0.2, 0.25) is 0 Å². The Hall–Kier alpha value is -3.10. The van der Waals surface area contributed by atoms with Crippen LogP contribution in [0.2, 0.25) is 10.0 Å². The molecule has 0 bridgehead atoms. The average Bonchev–Trinajstić information content (AvgIpc) is 2.71. The largest absolute Gasteiger partial charge is 0.416 e. The smallest absolute Gasteiger partial charge is 0.375 e. The van der Waals surface area contributed by atoms with Crippen molar-refractivity contribution in [2.75, 3.05) is 7.05 Å². The van der Waals surface area contributed by atoms with E-state index in [2.05, 4.69) is 15.6 Å². The van der Waals surface area contributed by atoms with Crippen LogP contribution in [0.5, 0.6) is 0 Å². The number of aromatic nitrogens is 1. The molecule has 0 unspecified atom stereocenters. The van der Waals surface area contributed by atoms with Gasteiger partial charge in [0.05, 0.1) is 27.4 Å². The van der Waals surface area contributed by atoms with Crippen LogP contribution in [0.4, 0.5) is 13.2 Å². The standard InChI is InChI=1S/C21H15Cl2F3N4O/c1-28-19(10-17(27)13-8-12(21(24,25)26)4-5-15(13)22)30-20(31)14-9-18-11(7-16(14)23)3-2-6-29-18/h2-10,27-28H,1H3,(H,30,31)/b19-10+,27-17?. The van der Waals surface area contributed by atoms with Crippen molar-refractivity contribution in [2.45, 2.75) is 6.18 Å². The number of hydrogen-bond acceptors (Lipinski definition) is 4. The summed E-state index contributed by atoms with van der Waals surface area (Å²) in [5.74, 6) is -0.512. The van der Waals surface area contributed by atoms with E-state index in [1.54, 1.807) is 24.4 Å². The van der Waals surface area contributed by atoms with Crippen molar-refractivity contribution in [1.29, 1.82) is 5.41 Å². The highest BCUT2D eigenvalue weighted by Gasteiger charge is 2.31. The Morgan fingerprint density at radius 1 is 1.10 bits per heavy atom. The fourth-order valence-corrected chi connectivity index (χ4v) is 3.23. The molecule has 31 heavy (non-hydrogen) atoms. The van der Waals surface area contributed by atoms with Crippen LogP contribution in [0, 0.1) is 5.41 Å². The van der Waals surface area contributed by atoms with Gasteiger partial charge in [0, 0.05) is 35.3 Å². The highest BCUT2D eigenvalue weighted by molar-refractivity contribution is 6.35. The molecule has 3 N–H and O–H groups in total. The Morgan fingerprint density at radius 2 is 1.84 bits per heavy atom. The number of carbonyl (C=O) groups is 1. The first-order valence-corrected chi connectivity index (χ1v) is 9.56. The molecule has 1 heterocycles. The highest BCUT2D eigenvalue weighted by Crippen LogP contribution is 2.32. The maximum Gasteiger partial charge on any atom is 0.416 e. The summed E-state index contributed by atoms with van der Waals surface area (Å²) >= 11 is 12.2. The van der Waals surface area contributed by atoms with Crippen LogP contribution in [0.1, 0.15) is 21.5 Å². The van der Waals surface area contributed by atoms with Gasteiger partial charge in [-0.15, -0.1) is 0 Å². The van der Waals surface area contributed by atoms with Gasteiger partial charge in [-0.1, -0.05) is 29.3 Å². The van der Waals surface area contributed by atoms with Gasteiger partial charge in [0.15, 0.2) is 0 Å². The van der Waals surface area contributed by atoms with Crippen molar-refractivity contribution in [3.63, 3.8) is 0 Å². The molecular formula is C21H15Cl2F3N4O. The number of benzene rings is 2. The molecule has 1 aromatic heterocycles. The van der Waals surface area contributed by atoms with Gasteiger partial charge >= 0.3 is 6.18 Å². The number of carbonyl (C=O) groups excluding carboxylic acids is 1. The molecular weight excluding hydrogens is 452 g/mol. The zero-order chi connectivity index (χ0) is 22.8. The van der Waals surface area contributed by atoms with Crippen LogP contribution in [-0.2, 0) is 6.18 Å². The highest BCUT2D eigenvalue weighted by atomic mass is 35.5. The van der Waals surface area contributed by atoms with E-state index < -0.39 is 17.6 Å². The van der Waals surface area contributed by atoms with Gasteiger partial charge in [-0.3, -0.25) is 9.78 Å². The second-order valence-corrected chi connectivity index (χ2v) is 7.21. The van der Waals surface area contributed by atoms with Crippen LogP contribution in [0.3, 0.4) is 0 Å². The summed E-state index contributed by atoms with van der Waals surface area (Å²) in [6.07, 6.45) is -1.84. The van der Waals surface area contributed by atoms with Gasteiger partial charge < -0.3 is 16.0 Å². The molecule has 0 aliphatic carbocycles. The Morgan fingerprint density at radius 3 is 2.52 bits per heavy atom. The number of halogens is 5. The number of rotatable bonds is 5. The predicted molar refractivity (Wildman–Crippen MR) is 115 cm³/mol. The topological polar surface area (TPSA) is 77.9 Å². The van der Waals surface area contributed by atoms with E-state index in [0.29, 0.717) is 5.52 Å².